The Morgan fingerprint density at radius 2 is 1.96 bits per heavy atom. The summed E-state index contributed by atoms with van der Waals surface area (Å²) in [6, 6.07) is 13.5. The SMILES string of the molecule is CCOc1ccc(CNS(=O)(=O)c2ccccc2C#N)cc1C. The highest BCUT2D eigenvalue weighted by Gasteiger charge is 2.17. The highest BCUT2D eigenvalue weighted by atomic mass is 32.2. The topological polar surface area (TPSA) is 79.2 Å². The van der Waals surface area contributed by atoms with Crippen molar-refractivity contribution in [1.29, 1.82) is 5.26 Å². The van der Waals surface area contributed by atoms with Crippen molar-refractivity contribution in [3.05, 3.63) is 59.2 Å². The number of hydrogen-bond donors (Lipinski definition) is 1. The molecular weight excluding hydrogens is 312 g/mol. The maximum Gasteiger partial charge on any atom is 0.242 e. The third-order valence-electron chi connectivity index (χ3n) is 3.30. The molecule has 2 aromatic carbocycles. The molecule has 2 aromatic rings. The van der Waals surface area contributed by atoms with E-state index >= 15 is 0 Å². The molecule has 120 valence electrons. The molecule has 0 bridgehead atoms. The van der Waals surface area contributed by atoms with Gasteiger partial charge in [-0.2, -0.15) is 5.26 Å². The molecule has 0 amide bonds. The van der Waals surface area contributed by atoms with Crippen LogP contribution < -0.4 is 9.46 Å². The first kappa shape index (κ1) is 17.0. The number of sulfonamides is 1. The minimum absolute atomic E-state index is 0.00911. The van der Waals surface area contributed by atoms with Gasteiger partial charge >= 0.3 is 0 Å². The van der Waals surface area contributed by atoms with Gasteiger partial charge in [0.1, 0.15) is 11.8 Å². The van der Waals surface area contributed by atoms with E-state index in [1.807, 2.05) is 38.1 Å². The van der Waals surface area contributed by atoms with E-state index in [4.69, 9.17) is 10.00 Å². The van der Waals surface area contributed by atoms with Gasteiger partial charge in [-0.25, -0.2) is 13.1 Å². The lowest BCUT2D eigenvalue weighted by Gasteiger charge is -2.11. The number of rotatable bonds is 6. The van der Waals surface area contributed by atoms with Gasteiger partial charge in [-0.05, 0) is 43.2 Å². The Balaban J connectivity index is 2.17. The van der Waals surface area contributed by atoms with Crippen LogP contribution in [0.1, 0.15) is 23.6 Å². The Labute approximate surface area is 136 Å². The zero-order valence-corrected chi connectivity index (χ0v) is 13.9. The van der Waals surface area contributed by atoms with E-state index in [-0.39, 0.29) is 17.0 Å². The van der Waals surface area contributed by atoms with Crippen LogP contribution in [-0.2, 0) is 16.6 Å². The zero-order valence-electron chi connectivity index (χ0n) is 13.0. The fraction of sp³-hybridized carbons (Fsp3) is 0.235. The van der Waals surface area contributed by atoms with Crippen molar-refractivity contribution >= 4 is 10.0 Å². The van der Waals surface area contributed by atoms with Gasteiger partial charge in [0.25, 0.3) is 0 Å². The van der Waals surface area contributed by atoms with Crippen molar-refractivity contribution in [3.8, 4) is 11.8 Å². The van der Waals surface area contributed by atoms with E-state index in [2.05, 4.69) is 4.72 Å². The summed E-state index contributed by atoms with van der Waals surface area (Å²) in [5, 5.41) is 9.03. The quantitative estimate of drug-likeness (QED) is 0.883. The van der Waals surface area contributed by atoms with Gasteiger partial charge in [-0.1, -0.05) is 24.3 Å². The summed E-state index contributed by atoms with van der Waals surface area (Å²) in [6.07, 6.45) is 0. The number of nitrogens with zero attached hydrogens (tertiary/aromatic N) is 1. The Hall–Kier alpha value is -2.36. The first-order chi connectivity index (χ1) is 11.0. The van der Waals surface area contributed by atoms with Gasteiger partial charge in [-0.15, -0.1) is 0 Å². The summed E-state index contributed by atoms with van der Waals surface area (Å²) in [4.78, 5) is -0.00911. The minimum Gasteiger partial charge on any atom is -0.494 e. The van der Waals surface area contributed by atoms with Gasteiger partial charge in [0.15, 0.2) is 0 Å². The lowest BCUT2D eigenvalue weighted by Crippen LogP contribution is -2.24. The maximum absolute atomic E-state index is 12.4. The van der Waals surface area contributed by atoms with Crippen molar-refractivity contribution in [1.82, 2.24) is 4.72 Å². The molecule has 0 aliphatic rings. The van der Waals surface area contributed by atoms with E-state index in [1.165, 1.54) is 12.1 Å². The van der Waals surface area contributed by atoms with Crippen LogP contribution in [0.2, 0.25) is 0 Å². The van der Waals surface area contributed by atoms with Gasteiger partial charge < -0.3 is 4.74 Å². The molecule has 5 nitrogen and oxygen atoms in total. The summed E-state index contributed by atoms with van der Waals surface area (Å²) in [5.41, 5.74) is 1.90. The standard InChI is InChI=1S/C17H18N2O3S/c1-3-22-16-9-8-14(10-13(16)2)12-19-23(20,21)17-7-5-4-6-15(17)11-18/h4-10,19H,3,12H2,1-2H3. The van der Waals surface area contributed by atoms with Crippen LogP contribution >= 0.6 is 0 Å². The van der Waals surface area contributed by atoms with Gasteiger partial charge in [0.2, 0.25) is 10.0 Å². The number of nitriles is 1. The number of aryl methyl sites for hydroxylation is 1. The number of hydrogen-bond acceptors (Lipinski definition) is 4. The molecule has 6 heteroatoms. The van der Waals surface area contributed by atoms with E-state index in [0.29, 0.717) is 6.61 Å². The average Bonchev–Trinajstić information content (AvgIpc) is 2.55. The lowest BCUT2D eigenvalue weighted by atomic mass is 10.1. The van der Waals surface area contributed by atoms with Gasteiger partial charge in [-0.3, -0.25) is 0 Å². The molecule has 0 aliphatic carbocycles. The first-order valence-corrected chi connectivity index (χ1v) is 8.67. The van der Waals surface area contributed by atoms with E-state index in [1.54, 1.807) is 12.1 Å². The monoisotopic (exact) mass is 330 g/mol. The predicted molar refractivity (Wildman–Crippen MR) is 87.5 cm³/mol. The summed E-state index contributed by atoms with van der Waals surface area (Å²) >= 11 is 0. The molecule has 1 N–H and O–H groups in total. The number of benzene rings is 2. The van der Waals surface area contributed by atoms with Gasteiger partial charge in [0, 0.05) is 6.54 Å². The van der Waals surface area contributed by atoms with Crippen LogP contribution in [-0.4, -0.2) is 15.0 Å². The Morgan fingerprint density at radius 3 is 2.61 bits per heavy atom. The Kier molecular flexibility index (Phi) is 5.37. The highest BCUT2D eigenvalue weighted by Crippen LogP contribution is 2.20. The highest BCUT2D eigenvalue weighted by molar-refractivity contribution is 7.89. The van der Waals surface area contributed by atoms with Crippen LogP contribution in [0.3, 0.4) is 0 Å². The summed E-state index contributed by atoms with van der Waals surface area (Å²) in [6.45, 7) is 4.55. The van der Waals surface area contributed by atoms with Crippen LogP contribution in [0.15, 0.2) is 47.4 Å². The molecule has 23 heavy (non-hydrogen) atoms. The van der Waals surface area contributed by atoms with Crippen molar-refractivity contribution in [2.75, 3.05) is 6.61 Å². The maximum atomic E-state index is 12.4. The van der Waals surface area contributed by atoms with Crippen molar-refractivity contribution in [2.45, 2.75) is 25.3 Å². The van der Waals surface area contributed by atoms with Crippen LogP contribution in [0.5, 0.6) is 5.75 Å². The Morgan fingerprint density at radius 1 is 1.22 bits per heavy atom. The molecule has 0 aromatic heterocycles. The normalized spacial score (nSPS) is 11.0. The fourth-order valence-electron chi connectivity index (χ4n) is 2.19. The average molecular weight is 330 g/mol. The molecule has 0 saturated carbocycles. The smallest absolute Gasteiger partial charge is 0.242 e. The number of ether oxygens (including phenoxy) is 1. The summed E-state index contributed by atoms with van der Waals surface area (Å²) < 4.78 is 32.7. The molecule has 0 fully saturated rings. The van der Waals surface area contributed by atoms with E-state index in [9.17, 15) is 8.42 Å². The molecule has 0 atom stereocenters. The third-order valence-corrected chi connectivity index (χ3v) is 4.76. The first-order valence-electron chi connectivity index (χ1n) is 7.19. The predicted octanol–water partition coefficient (Wildman–Crippen LogP) is 2.74. The molecule has 0 unspecified atom stereocenters. The third kappa shape index (κ3) is 4.09. The molecule has 0 aliphatic heterocycles. The minimum atomic E-state index is -3.74. The second kappa shape index (κ2) is 7.27. The molecular formula is C17H18N2O3S. The van der Waals surface area contributed by atoms with Crippen LogP contribution in [0.4, 0.5) is 0 Å². The lowest BCUT2D eigenvalue weighted by molar-refractivity contribution is 0.338. The fourth-order valence-corrected chi connectivity index (χ4v) is 3.36. The second-order valence-corrected chi connectivity index (χ2v) is 6.70. The molecule has 0 heterocycles. The molecule has 0 radical (unpaired) electrons. The van der Waals surface area contributed by atoms with Crippen molar-refractivity contribution < 1.29 is 13.2 Å². The van der Waals surface area contributed by atoms with Crippen molar-refractivity contribution in [3.63, 3.8) is 0 Å². The van der Waals surface area contributed by atoms with Crippen LogP contribution in [0.25, 0.3) is 0 Å². The molecule has 2 rings (SSSR count). The number of nitrogens with one attached hydrogen (secondary N) is 1. The van der Waals surface area contributed by atoms with Crippen LogP contribution in [0, 0.1) is 18.3 Å². The molecule has 0 spiro atoms. The summed E-state index contributed by atoms with van der Waals surface area (Å²) in [5.74, 6) is 0.786. The Bertz CT molecular complexity index is 839. The van der Waals surface area contributed by atoms with E-state index < -0.39 is 10.0 Å². The zero-order chi connectivity index (χ0) is 16.9. The van der Waals surface area contributed by atoms with Crippen molar-refractivity contribution in [2.24, 2.45) is 0 Å². The molecule has 0 saturated heterocycles. The second-order valence-electron chi connectivity index (χ2n) is 4.97. The van der Waals surface area contributed by atoms with Gasteiger partial charge in [0.05, 0.1) is 17.1 Å². The summed E-state index contributed by atoms with van der Waals surface area (Å²) in [7, 11) is -3.74. The van der Waals surface area contributed by atoms with E-state index in [0.717, 1.165) is 16.9 Å². The largest absolute Gasteiger partial charge is 0.494 e.